The molecular weight excluding hydrogens is 245 g/mol. The van der Waals surface area contributed by atoms with Crippen LogP contribution >= 0.6 is 11.6 Å². The Morgan fingerprint density at radius 1 is 1.35 bits per heavy atom. The van der Waals surface area contributed by atoms with Crippen molar-refractivity contribution in [3.8, 4) is 11.6 Å². The fourth-order valence-electron chi connectivity index (χ4n) is 1.29. The van der Waals surface area contributed by atoms with Gasteiger partial charge in [-0.3, -0.25) is 0 Å². The number of nitrogens with zero attached hydrogens (tertiary/aromatic N) is 1. The summed E-state index contributed by atoms with van der Waals surface area (Å²) in [5.41, 5.74) is 0.549. The third-order valence-electron chi connectivity index (χ3n) is 2.13. The summed E-state index contributed by atoms with van der Waals surface area (Å²) in [7, 11) is 0. The molecule has 5 heteroatoms. The van der Waals surface area contributed by atoms with E-state index in [-0.39, 0.29) is 17.5 Å². The molecule has 0 spiro atoms. The highest BCUT2D eigenvalue weighted by Crippen LogP contribution is 2.26. The second-order valence-electron chi connectivity index (χ2n) is 3.30. The molecule has 0 aliphatic carbocycles. The number of hydrogen-bond donors (Lipinski definition) is 1. The number of pyridine rings is 1. The van der Waals surface area contributed by atoms with E-state index in [1.807, 2.05) is 0 Å². The molecule has 1 heterocycles. The summed E-state index contributed by atoms with van der Waals surface area (Å²) >= 11 is 5.63. The summed E-state index contributed by atoms with van der Waals surface area (Å²) in [6.07, 6.45) is 1.54. The van der Waals surface area contributed by atoms with Gasteiger partial charge in [-0.15, -0.1) is 0 Å². The van der Waals surface area contributed by atoms with Gasteiger partial charge in [-0.1, -0.05) is 11.6 Å². The zero-order valence-electron chi connectivity index (χ0n) is 8.73. The van der Waals surface area contributed by atoms with E-state index in [1.54, 1.807) is 18.3 Å². The minimum Gasteiger partial charge on any atom is -0.439 e. The van der Waals surface area contributed by atoms with Crippen LogP contribution in [0.3, 0.4) is 0 Å². The normalized spacial score (nSPS) is 10.3. The van der Waals surface area contributed by atoms with Gasteiger partial charge in [-0.05, 0) is 24.3 Å². The molecule has 3 nitrogen and oxygen atoms in total. The van der Waals surface area contributed by atoms with E-state index < -0.39 is 5.82 Å². The van der Waals surface area contributed by atoms with Gasteiger partial charge in [0.2, 0.25) is 5.88 Å². The lowest BCUT2D eigenvalue weighted by molar-refractivity contribution is 0.275. The van der Waals surface area contributed by atoms with Crippen LogP contribution in [-0.2, 0) is 6.61 Å². The highest BCUT2D eigenvalue weighted by Gasteiger charge is 2.07. The topological polar surface area (TPSA) is 42.4 Å². The summed E-state index contributed by atoms with van der Waals surface area (Å²) in [6, 6.07) is 7.38. The zero-order valence-corrected chi connectivity index (χ0v) is 9.49. The van der Waals surface area contributed by atoms with Crippen molar-refractivity contribution in [1.29, 1.82) is 0 Å². The Morgan fingerprint density at radius 2 is 2.18 bits per heavy atom. The zero-order chi connectivity index (χ0) is 12.3. The fourth-order valence-corrected chi connectivity index (χ4v) is 1.46. The minimum atomic E-state index is -0.512. The highest BCUT2D eigenvalue weighted by molar-refractivity contribution is 6.30. The Bertz CT molecular complexity index is 534. The molecule has 0 unspecified atom stereocenters. The SMILES string of the molecule is OCc1cccnc1Oc1ccc(F)c(Cl)c1. The largest absolute Gasteiger partial charge is 0.439 e. The summed E-state index contributed by atoms with van der Waals surface area (Å²) < 4.78 is 18.4. The van der Waals surface area contributed by atoms with Crippen molar-refractivity contribution in [2.45, 2.75) is 6.61 Å². The van der Waals surface area contributed by atoms with Gasteiger partial charge in [-0.25, -0.2) is 9.37 Å². The minimum absolute atomic E-state index is 0.0241. The van der Waals surface area contributed by atoms with Gasteiger partial charge in [0.15, 0.2) is 0 Å². The van der Waals surface area contributed by atoms with Gasteiger partial charge in [0.05, 0.1) is 11.6 Å². The molecule has 1 N–H and O–H groups in total. The summed E-state index contributed by atoms with van der Waals surface area (Å²) in [5, 5.41) is 9.06. The van der Waals surface area contributed by atoms with E-state index in [2.05, 4.69) is 4.98 Å². The molecule has 0 aliphatic heterocycles. The van der Waals surface area contributed by atoms with E-state index in [9.17, 15) is 4.39 Å². The van der Waals surface area contributed by atoms with Crippen LogP contribution in [0.15, 0.2) is 36.5 Å². The quantitative estimate of drug-likeness (QED) is 0.914. The molecule has 2 aromatic rings. The van der Waals surface area contributed by atoms with Gasteiger partial charge >= 0.3 is 0 Å². The van der Waals surface area contributed by atoms with E-state index >= 15 is 0 Å². The number of benzene rings is 1. The fraction of sp³-hybridized carbons (Fsp3) is 0.0833. The van der Waals surface area contributed by atoms with E-state index in [4.69, 9.17) is 21.4 Å². The van der Waals surface area contributed by atoms with Gasteiger partial charge in [0.1, 0.15) is 11.6 Å². The molecule has 2 rings (SSSR count). The van der Waals surface area contributed by atoms with Crippen LogP contribution < -0.4 is 4.74 Å². The lowest BCUT2D eigenvalue weighted by Gasteiger charge is -2.08. The third-order valence-corrected chi connectivity index (χ3v) is 2.42. The van der Waals surface area contributed by atoms with Crippen LogP contribution in [0.5, 0.6) is 11.6 Å². The monoisotopic (exact) mass is 253 g/mol. The highest BCUT2D eigenvalue weighted by atomic mass is 35.5. The Morgan fingerprint density at radius 3 is 2.88 bits per heavy atom. The smallest absolute Gasteiger partial charge is 0.224 e. The van der Waals surface area contributed by atoms with Crippen molar-refractivity contribution < 1.29 is 14.2 Å². The number of aliphatic hydroxyl groups excluding tert-OH is 1. The number of aliphatic hydroxyl groups is 1. The molecule has 1 aromatic heterocycles. The van der Waals surface area contributed by atoms with Crippen molar-refractivity contribution in [1.82, 2.24) is 4.98 Å². The Labute approximate surface area is 102 Å². The average Bonchev–Trinajstić information content (AvgIpc) is 2.34. The lowest BCUT2D eigenvalue weighted by atomic mass is 10.3. The van der Waals surface area contributed by atoms with Gasteiger partial charge in [0, 0.05) is 17.8 Å². The van der Waals surface area contributed by atoms with E-state index in [0.717, 1.165) is 0 Å². The molecule has 0 bridgehead atoms. The second-order valence-corrected chi connectivity index (χ2v) is 3.71. The maximum atomic E-state index is 12.9. The predicted octanol–water partition coefficient (Wildman–Crippen LogP) is 3.16. The first-order valence-electron chi connectivity index (χ1n) is 4.88. The van der Waals surface area contributed by atoms with Crippen LogP contribution in [0.4, 0.5) is 4.39 Å². The van der Waals surface area contributed by atoms with Crippen molar-refractivity contribution in [2.24, 2.45) is 0 Å². The Kier molecular flexibility index (Phi) is 3.56. The van der Waals surface area contributed by atoms with Gasteiger partial charge in [0.25, 0.3) is 0 Å². The standard InChI is InChI=1S/C12H9ClFNO2/c13-10-6-9(3-4-11(10)14)17-12-8(7-16)2-1-5-15-12/h1-6,16H,7H2. The maximum absolute atomic E-state index is 12.9. The maximum Gasteiger partial charge on any atom is 0.224 e. The van der Waals surface area contributed by atoms with Crippen LogP contribution in [-0.4, -0.2) is 10.1 Å². The van der Waals surface area contributed by atoms with Crippen LogP contribution in [0.25, 0.3) is 0 Å². The first-order chi connectivity index (χ1) is 8.20. The molecular formula is C12H9ClFNO2. The molecule has 0 radical (unpaired) electrons. The van der Waals surface area contributed by atoms with Crippen molar-refractivity contribution >= 4 is 11.6 Å². The molecule has 0 amide bonds. The summed E-state index contributed by atoms with van der Waals surface area (Å²) in [6.45, 7) is -0.182. The van der Waals surface area contributed by atoms with Gasteiger partial charge in [-0.2, -0.15) is 0 Å². The number of rotatable bonds is 3. The summed E-state index contributed by atoms with van der Waals surface area (Å²) in [5.74, 6) is 0.130. The molecule has 0 fully saturated rings. The predicted molar refractivity (Wildman–Crippen MR) is 61.6 cm³/mol. The second kappa shape index (κ2) is 5.12. The Hall–Kier alpha value is -1.65. The van der Waals surface area contributed by atoms with Crippen molar-refractivity contribution in [3.63, 3.8) is 0 Å². The van der Waals surface area contributed by atoms with Crippen LogP contribution in [0.2, 0.25) is 5.02 Å². The van der Waals surface area contributed by atoms with E-state index in [1.165, 1.54) is 18.2 Å². The number of aromatic nitrogens is 1. The first kappa shape index (κ1) is 11.8. The van der Waals surface area contributed by atoms with E-state index in [0.29, 0.717) is 11.3 Å². The number of hydrogen-bond acceptors (Lipinski definition) is 3. The van der Waals surface area contributed by atoms with Crippen LogP contribution in [0, 0.1) is 5.82 Å². The Balaban J connectivity index is 2.28. The van der Waals surface area contributed by atoms with Crippen molar-refractivity contribution in [2.75, 3.05) is 0 Å². The number of ether oxygens (including phenoxy) is 1. The average molecular weight is 254 g/mol. The molecule has 17 heavy (non-hydrogen) atoms. The molecule has 0 aliphatic rings. The molecule has 0 saturated heterocycles. The van der Waals surface area contributed by atoms with Gasteiger partial charge < -0.3 is 9.84 Å². The number of halogens is 2. The lowest BCUT2D eigenvalue weighted by Crippen LogP contribution is -1.94. The molecule has 88 valence electrons. The summed E-state index contributed by atoms with van der Waals surface area (Å²) in [4.78, 5) is 3.98. The third kappa shape index (κ3) is 2.72. The molecule has 0 saturated carbocycles. The van der Waals surface area contributed by atoms with Crippen LogP contribution in [0.1, 0.15) is 5.56 Å². The van der Waals surface area contributed by atoms with Crippen molar-refractivity contribution in [3.05, 3.63) is 52.9 Å². The first-order valence-corrected chi connectivity index (χ1v) is 5.26. The molecule has 1 aromatic carbocycles. The molecule has 0 atom stereocenters.